The summed E-state index contributed by atoms with van der Waals surface area (Å²) in [7, 11) is -3.08. The summed E-state index contributed by atoms with van der Waals surface area (Å²) in [4.78, 5) is 31.8. The van der Waals surface area contributed by atoms with Crippen LogP contribution in [0.3, 0.4) is 0 Å². The summed E-state index contributed by atoms with van der Waals surface area (Å²) in [6.07, 6.45) is 0.401. The number of piperazine rings is 1. The highest BCUT2D eigenvalue weighted by Gasteiger charge is 2.36. The van der Waals surface area contributed by atoms with E-state index >= 15 is 0 Å². The lowest BCUT2D eigenvalue weighted by Gasteiger charge is -2.35. The number of aromatic amines is 1. The summed E-state index contributed by atoms with van der Waals surface area (Å²) in [5.74, 6) is -0.619. The first kappa shape index (κ1) is 18.3. The molecular weight excluding hydrogens is 390 g/mol. The molecule has 2 aliphatic rings. The first-order valence-corrected chi connectivity index (χ1v) is 11.1. The lowest BCUT2D eigenvalue weighted by atomic mass is 10.1. The number of carbonyl (C=O) groups is 2. The van der Waals surface area contributed by atoms with E-state index in [4.69, 9.17) is 11.6 Å². The SMILES string of the molecule is O=C(c1cc2cc(Cl)ccc2[nH]1)N1CCN(C(=O)C2CCS(=O)(=O)C2)CC1. The number of nitrogens with zero attached hydrogens (tertiary/aromatic N) is 2. The number of aromatic nitrogens is 1. The fraction of sp³-hybridized carbons (Fsp3) is 0.444. The van der Waals surface area contributed by atoms with Gasteiger partial charge in [0.2, 0.25) is 5.91 Å². The third-order valence-electron chi connectivity index (χ3n) is 5.27. The molecular formula is C18H20ClN3O4S. The van der Waals surface area contributed by atoms with Crippen LogP contribution in [0.1, 0.15) is 16.9 Å². The number of nitrogens with one attached hydrogen (secondary N) is 1. The molecule has 3 heterocycles. The van der Waals surface area contributed by atoms with E-state index in [1.54, 1.807) is 28.0 Å². The van der Waals surface area contributed by atoms with E-state index in [0.29, 0.717) is 43.3 Å². The Morgan fingerprint density at radius 2 is 1.78 bits per heavy atom. The van der Waals surface area contributed by atoms with Crippen molar-refractivity contribution < 1.29 is 18.0 Å². The van der Waals surface area contributed by atoms with E-state index in [-0.39, 0.29) is 23.3 Å². The number of amides is 2. The minimum Gasteiger partial charge on any atom is -0.351 e. The zero-order valence-corrected chi connectivity index (χ0v) is 16.2. The van der Waals surface area contributed by atoms with Crippen molar-refractivity contribution in [2.45, 2.75) is 6.42 Å². The molecule has 1 aromatic carbocycles. The van der Waals surface area contributed by atoms with Gasteiger partial charge in [0, 0.05) is 42.1 Å². The smallest absolute Gasteiger partial charge is 0.270 e. The van der Waals surface area contributed by atoms with Crippen molar-refractivity contribution in [3.8, 4) is 0 Å². The molecule has 1 atom stereocenters. The summed E-state index contributed by atoms with van der Waals surface area (Å²) in [6, 6.07) is 7.18. The number of H-pyrrole nitrogens is 1. The van der Waals surface area contributed by atoms with Crippen LogP contribution in [0.15, 0.2) is 24.3 Å². The van der Waals surface area contributed by atoms with Crippen LogP contribution in [-0.2, 0) is 14.6 Å². The topological polar surface area (TPSA) is 90.6 Å². The number of benzene rings is 1. The van der Waals surface area contributed by atoms with E-state index in [2.05, 4.69) is 4.98 Å². The van der Waals surface area contributed by atoms with Crippen LogP contribution in [0.5, 0.6) is 0 Å². The molecule has 9 heteroatoms. The van der Waals surface area contributed by atoms with Gasteiger partial charge in [-0.2, -0.15) is 0 Å². The highest BCUT2D eigenvalue weighted by molar-refractivity contribution is 7.91. The van der Waals surface area contributed by atoms with Crippen molar-refractivity contribution in [1.29, 1.82) is 0 Å². The Morgan fingerprint density at radius 3 is 2.44 bits per heavy atom. The zero-order chi connectivity index (χ0) is 19.2. The van der Waals surface area contributed by atoms with Crippen molar-refractivity contribution >= 4 is 44.2 Å². The largest absolute Gasteiger partial charge is 0.351 e. The van der Waals surface area contributed by atoms with E-state index < -0.39 is 15.8 Å². The summed E-state index contributed by atoms with van der Waals surface area (Å²) >= 11 is 5.99. The summed E-state index contributed by atoms with van der Waals surface area (Å²) in [5.41, 5.74) is 1.34. The van der Waals surface area contributed by atoms with E-state index in [1.165, 1.54) is 0 Å². The average Bonchev–Trinajstić information content (AvgIpc) is 3.23. The molecule has 4 rings (SSSR count). The molecule has 0 aliphatic carbocycles. The van der Waals surface area contributed by atoms with Crippen LogP contribution in [-0.4, -0.2) is 72.7 Å². The Morgan fingerprint density at radius 1 is 1.07 bits per heavy atom. The number of carbonyl (C=O) groups excluding carboxylic acids is 2. The highest BCUT2D eigenvalue weighted by Crippen LogP contribution is 2.23. The van der Waals surface area contributed by atoms with Crippen molar-refractivity contribution in [2.75, 3.05) is 37.7 Å². The van der Waals surface area contributed by atoms with Gasteiger partial charge in [0.1, 0.15) is 5.69 Å². The van der Waals surface area contributed by atoms with Gasteiger partial charge in [-0.25, -0.2) is 8.42 Å². The number of fused-ring (bicyclic) bond motifs is 1. The van der Waals surface area contributed by atoms with Crippen LogP contribution in [0, 0.1) is 5.92 Å². The Balaban J connectivity index is 1.39. The quantitative estimate of drug-likeness (QED) is 0.814. The second kappa shape index (κ2) is 6.83. The highest BCUT2D eigenvalue weighted by atomic mass is 35.5. The average molecular weight is 410 g/mol. The predicted molar refractivity (Wildman–Crippen MR) is 103 cm³/mol. The molecule has 1 aromatic heterocycles. The molecule has 2 fully saturated rings. The zero-order valence-electron chi connectivity index (χ0n) is 14.7. The van der Waals surface area contributed by atoms with Gasteiger partial charge in [0.25, 0.3) is 5.91 Å². The van der Waals surface area contributed by atoms with Crippen LogP contribution < -0.4 is 0 Å². The van der Waals surface area contributed by atoms with Gasteiger partial charge in [0.15, 0.2) is 9.84 Å². The number of sulfone groups is 1. The van der Waals surface area contributed by atoms with Crippen molar-refractivity contribution in [2.24, 2.45) is 5.92 Å². The standard InChI is InChI=1S/C18H20ClN3O4S/c19-14-1-2-15-13(9-14)10-16(20-15)18(24)22-6-4-21(5-7-22)17(23)12-3-8-27(25,26)11-12/h1-2,9-10,12,20H,3-8,11H2. The Labute approximate surface area is 162 Å². The summed E-state index contributed by atoms with van der Waals surface area (Å²) in [6.45, 7) is 1.71. The second-order valence-corrected chi connectivity index (χ2v) is 9.80. The van der Waals surface area contributed by atoms with E-state index in [0.717, 1.165) is 10.9 Å². The maximum Gasteiger partial charge on any atom is 0.270 e. The van der Waals surface area contributed by atoms with Crippen LogP contribution >= 0.6 is 11.6 Å². The number of hydrogen-bond acceptors (Lipinski definition) is 4. The molecule has 0 radical (unpaired) electrons. The van der Waals surface area contributed by atoms with Crippen molar-refractivity contribution in [3.05, 3.63) is 35.0 Å². The molecule has 0 spiro atoms. The Bertz CT molecular complexity index is 1010. The molecule has 2 aliphatic heterocycles. The van der Waals surface area contributed by atoms with Gasteiger partial charge in [-0.05, 0) is 30.7 Å². The van der Waals surface area contributed by atoms with Crippen LogP contribution in [0.2, 0.25) is 5.02 Å². The molecule has 2 amide bonds. The normalized spacial score (nSPS) is 22.3. The van der Waals surface area contributed by atoms with Gasteiger partial charge < -0.3 is 14.8 Å². The number of hydrogen-bond donors (Lipinski definition) is 1. The molecule has 2 aromatic rings. The van der Waals surface area contributed by atoms with Crippen LogP contribution in [0.25, 0.3) is 10.9 Å². The molecule has 0 saturated carbocycles. The summed E-state index contributed by atoms with van der Waals surface area (Å²) < 4.78 is 23.2. The lowest BCUT2D eigenvalue weighted by Crippen LogP contribution is -2.52. The summed E-state index contributed by atoms with van der Waals surface area (Å²) in [5, 5.41) is 1.49. The van der Waals surface area contributed by atoms with E-state index in [9.17, 15) is 18.0 Å². The molecule has 1 unspecified atom stereocenters. The Hall–Kier alpha value is -2.06. The van der Waals surface area contributed by atoms with Gasteiger partial charge in [0.05, 0.1) is 17.4 Å². The minimum atomic E-state index is -3.08. The molecule has 27 heavy (non-hydrogen) atoms. The number of rotatable bonds is 2. The van der Waals surface area contributed by atoms with Gasteiger partial charge in [-0.1, -0.05) is 11.6 Å². The lowest BCUT2D eigenvalue weighted by molar-refractivity contribution is -0.136. The maximum atomic E-state index is 12.8. The van der Waals surface area contributed by atoms with Gasteiger partial charge >= 0.3 is 0 Å². The third kappa shape index (κ3) is 3.68. The van der Waals surface area contributed by atoms with Gasteiger partial charge in [-0.15, -0.1) is 0 Å². The first-order chi connectivity index (χ1) is 12.8. The predicted octanol–water partition coefficient (Wildman–Crippen LogP) is 1.54. The maximum absolute atomic E-state index is 12.8. The van der Waals surface area contributed by atoms with Crippen LogP contribution in [0.4, 0.5) is 0 Å². The third-order valence-corrected chi connectivity index (χ3v) is 7.28. The molecule has 144 valence electrons. The second-order valence-electron chi connectivity index (χ2n) is 7.13. The van der Waals surface area contributed by atoms with Crippen molar-refractivity contribution in [3.63, 3.8) is 0 Å². The Kier molecular flexibility index (Phi) is 4.63. The molecule has 1 N–H and O–H groups in total. The molecule has 0 bridgehead atoms. The number of halogens is 1. The monoisotopic (exact) mass is 409 g/mol. The minimum absolute atomic E-state index is 0.0530. The van der Waals surface area contributed by atoms with Crippen molar-refractivity contribution in [1.82, 2.24) is 14.8 Å². The molecule has 7 nitrogen and oxygen atoms in total. The molecule has 2 saturated heterocycles. The first-order valence-electron chi connectivity index (χ1n) is 8.89. The fourth-order valence-electron chi connectivity index (χ4n) is 3.77. The fourth-order valence-corrected chi connectivity index (χ4v) is 5.68. The van der Waals surface area contributed by atoms with Gasteiger partial charge in [-0.3, -0.25) is 9.59 Å². The van der Waals surface area contributed by atoms with E-state index in [1.807, 2.05) is 6.07 Å².